The molecule has 0 radical (unpaired) electrons. The maximum atomic E-state index is 13.0. The van der Waals surface area contributed by atoms with Crippen LogP contribution >= 0.6 is 0 Å². The molecule has 0 aliphatic rings. The molecule has 0 bridgehead atoms. The van der Waals surface area contributed by atoms with E-state index in [2.05, 4.69) is 15.3 Å². The molecule has 0 saturated heterocycles. The van der Waals surface area contributed by atoms with Crippen molar-refractivity contribution < 1.29 is 17.9 Å². The molecule has 0 aliphatic heterocycles. The predicted octanol–water partition coefficient (Wildman–Crippen LogP) is 4.15. The van der Waals surface area contributed by atoms with Crippen LogP contribution in [0.15, 0.2) is 30.5 Å². The van der Waals surface area contributed by atoms with Crippen molar-refractivity contribution in [3.63, 3.8) is 0 Å². The predicted molar refractivity (Wildman–Crippen MR) is 81.8 cm³/mol. The fourth-order valence-corrected chi connectivity index (χ4v) is 1.77. The van der Waals surface area contributed by atoms with Gasteiger partial charge in [0, 0.05) is 11.9 Å². The Morgan fingerprint density at radius 2 is 2.08 bits per heavy atom. The molecule has 1 aromatic heterocycles. The van der Waals surface area contributed by atoms with Crippen LogP contribution in [0.3, 0.4) is 0 Å². The first-order valence-corrected chi connectivity index (χ1v) is 7.14. The van der Waals surface area contributed by atoms with Gasteiger partial charge < -0.3 is 10.1 Å². The number of ether oxygens (including phenoxy) is 1. The summed E-state index contributed by atoms with van der Waals surface area (Å²) in [5.41, 5.74) is -0.133. The summed E-state index contributed by atoms with van der Waals surface area (Å²) in [5.74, 6) is -0.522. The zero-order chi connectivity index (χ0) is 17.7. The van der Waals surface area contributed by atoms with Crippen LogP contribution in [-0.4, -0.2) is 16.6 Å². The lowest BCUT2D eigenvalue weighted by molar-refractivity contribution is -0.139. The Kier molecular flexibility index (Phi) is 5.24. The van der Waals surface area contributed by atoms with E-state index < -0.39 is 17.6 Å². The molecule has 0 aliphatic carbocycles. The number of hydrogen-bond donors (Lipinski definition) is 1. The lowest BCUT2D eigenvalue weighted by Gasteiger charge is -2.15. The van der Waals surface area contributed by atoms with Gasteiger partial charge >= 0.3 is 6.18 Å². The number of benzene rings is 1. The Morgan fingerprint density at radius 3 is 2.71 bits per heavy atom. The summed E-state index contributed by atoms with van der Waals surface area (Å²) >= 11 is 0. The highest BCUT2D eigenvalue weighted by Gasteiger charge is 2.36. The van der Waals surface area contributed by atoms with Crippen LogP contribution in [-0.2, 0) is 6.18 Å². The maximum Gasteiger partial charge on any atom is 0.423 e. The lowest BCUT2D eigenvalue weighted by Crippen LogP contribution is -2.14. The first-order valence-electron chi connectivity index (χ1n) is 7.14. The van der Waals surface area contributed by atoms with Gasteiger partial charge in [0.1, 0.15) is 5.56 Å². The minimum atomic E-state index is -4.61. The van der Waals surface area contributed by atoms with Crippen molar-refractivity contribution >= 4 is 11.6 Å². The molecule has 126 valence electrons. The van der Waals surface area contributed by atoms with Gasteiger partial charge in [0.2, 0.25) is 11.8 Å². The smallest absolute Gasteiger partial charge is 0.423 e. The van der Waals surface area contributed by atoms with E-state index in [1.807, 2.05) is 19.9 Å². The molecule has 1 N–H and O–H groups in total. The minimum absolute atomic E-state index is 0.0446. The Hall–Kier alpha value is -2.82. The van der Waals surface area contributed by atoms with Crippen molar-refractivity contribution in [2.75, 3.05) is 11.9 Å². The van der Waals surface area contributed by atoms with Gasteiger partial charge in [-0.2, -0.15) is 23.4 Å². The molecule has 1 aromatic carbocycles. The van der Waals surface area contributed by atoms with Crippen molar-refractivity contribution in [2.45, 2.75) is 20.0 Å². The number of alkyl halides is 3. The van der Waals surface area contributed by atoms with Crippen molar-refractivity contribution in [2.24, 2.45) is 5.92 Å². The van der Waals surface area contributed by atoms with Gasteiger partial charge in [-0.1, -0.05) is 19.9 Å². The van der Waals surface area contributed by atoms with Gasteiger partial charge in [0.15, 0.2) is 0 Å². The molecule has 0 amide bonds. The summed E-state index contributed by atoms with van der Waals surface area (Å²) in [4.78, 5) is 7.49. The van der Waals surface area contributed by atoms with Gasteiger partial charge in [0.25, 0.3) is 0 Å². The van der Waals surface area contributed by atoms with Crippen LogP contribution in [0.5, 0.6) is 5.88 Å². The van der Waals surface area contributed by atoms with Crippen LogP contribution in [0.25, 0.3) is 0 Å². The average Bonchev–Trinajstić information content (AvgIpc) is 2.52. The van der Waals surface area contributed by atoms with Crippen LogP contribution in [0.4, 0.5) is 24.8 Å². The van der Waals surface area contributed by atoms with Gasteiger partial charge in [-0.05, 0) is 24.1 Å². The molecule has 0 spiro atoms. The molecule has 5 nitrogen and oxygen atoms in total. The van der Waals surface area contributed by atoms with Gasteiger partial charge in [-0.3, -0.25) is 0 Å². The Balaban J connectivity index is 2.31. The van der Waals surface area contributed by atoms with E-state index in [0.717, 1.165) is 0 Å². The summed E-state index contributed by atoms with van der Waals surface area (Å²) in [7, 11) is 0. The molecule has 2 aromatic rings. The summed E-state index contributed by atoms with van der Waals surface area (Å²) in [6.45, 7) is 3.74. The number of hydrogen-bond acceptors (Lipinski definition) is 5. The van der Waals surface area contributed by atoms with Crippen LogP contribution < -0.4 is 10.1 Å². The first kappa shape index (κ1) is 17.5. The second-order valence-electron chi connectivity index (χ2n) is 5.43. The highest BCUT2D eigenvalue weighted by Crippen LogP contribution is 2.35. The second-order valence-corrected chi connectivity index (χ2v) is 5.43. The van der Waals surface area contributed by atoms with Gasteiger partial charge in [-0.15, -0.1) is 0 Å². The first-order chi connectivity index (χ1) is 11.3. The third kappa shape index (κ3) is 4.59. The highest BCUT2D eigenvalue weighted by molar-refractivity contribution is 5.56. The topological polar surface area (TPSA) is 70.8 Å². The van der Waals surface area contributed by atoms with E-state index in [4.69, 9.17) is 10.00 Å². The fourth-order valence-electron chi connectivity index (χ4n) is 1.77. The maximum absolute atomic E-state index is 13.0. The lowest BCUT2D eigenvalue weighted by atomic mass is 10.2. The van der Waals surface area contributed by atoms with Crippen molar-refractivity contribution in [1.82, 2.24) is 9.97 Å². The largest absolute Gasteiger partial charge is 0.477 e. The summed E-state index contributed by atoms with van der Waals surface area (Å²) in [6.07, 6.45) is -3.93. The molecular formula is C16H15F3N4O. The van der Waals surface area contributed by atoms with Gasteiger partial charge in [-0.25, -0.2) is 4.98 Å². The molecular weight excluding hydrogens is 321 g/mol. The Labute approximate surface area is 137 Å². The number of anilines is 2. The van der Waals surface area contributed by atoms with Crippen LogP contribution in [0, 0.1) is 17.2 Å². The monoisotopic (exact) mass is 336 g/mol. The standard InChI is InChI=1S/C16H15F3N4O/c1-10(2)9-24-14-13(16(17,18)19)8-21-15(23-14)22-12-5-3-4-11(6-12)7-20/h3-6,8,10H,9H2,1-2H3,(H,21,22,23). The molecule has 0 saturated carbocycles. The fraction of sp³-hybridized carbons (Fsp3) is 0.312. The molecule has 0 unspecified atom stereocenters. The number of nitrogens with one attached hydrogen (secondary N) is 1. The van der Waals surface area contributed by atoms with E-state index in [1.54, 1.807) is 18.2 Å². The molecule has 0 fully saturated rings. The highest BCUT2D eigenvalue weighted by atomic mass is 19.4. The SMILES string of the molecule is CC(C)COc1nc(Nc2cccc(C#N)c2)ncc1C(F)(F)F. The van der Waals surface area contributed by atoms with Crippen molar-refractivity contribution in [3.8, 4) is 11.9 Å². The van der Waals surface area contributed by atoms with Crippen molar-refractivity contribution in [3.05, 3.63) is 41.6 Å². The number of nitriles is 1. The van der Waals surface area contributed by atoms with E-state index >= 15 is 0 Å². The van der Waals surface area contributed by atoms with Crippen LogP contribution in [0.2, 0.25) is 0 Å². The molecule has 24 heavy (non-hydrogen) atoms. The Bertz CT molecular complexity index is 754. The third-order valence-electron chi connectivity index (χ3n) is 2.86. The molecule has 1 heterocycles. The number of halogens is 3. The van der Waals surface area contributed by atoms with E-state index in [-0.39, 0.29) is 18.5 Å². The van der Waals surface area contributed by atoms with Crippen LogP contribution in [0.1, 0.15) is 25.0 Å². The number of rotatable bonds is 5. The van der Waals surface area contributed by atoms with E-state index in [1.165, 1.54) is 6.07 Å². The quantitative estimate of drug-likeness (QED) is 0.888. The zero-order valence-electron chi connectivity index (χ0n) is 13.1. The summed E-state index contributed by atoms with van der Waals surface area (Å²) in [6, 6.07) is 8.41. The summed E-state index contributed by atoms with van der Waals surface area (Å²) < 4.78 is 44.2. The van der Waals surface area contributed by atoms with Gasteiger partial charge in [0.05, 0.1) is 18.2 Å². The Morgan fingerprint density at radius 1 is 1.33 bits per heavy atom. The second kappa shape index (κ2) is 7.17. The molecule has 2 rings (SSSR count). The van der Waals surface area contributed by atoms with E-state index in [9.17, 15) is 13.2 Å². The third-order valence-corrected chi connectivity index (χ3v) is 2.86. The minimum Gasteiger partial charge on any atom is -0.477 e. The normalized spacial score (nSPS) is 11.2. The van der Waals surface area contributed by atoms with E-state index in [0.29, 0.717) is 17.4 Å². The zero-order valence-corrected chi connectivity index (χ0v) is 13.1. The summed E-state index contributed by atoms with van der Waals surface area (Å²) in [5, 5.41) is 11.6. The number of nitrogens with zero attached hydrogens (tertiary/aromatic N) is 3. The molecule has 0 atom stereocenters. The number of aromatic nitrogens is 2. The van der Waals surface area contributed by atoms with Crippen molar-refractivity contribution in [1.29, 1.82) is 5.26 Å². The molecule has 8 heteroatoms. The average molecular weight is 336 g/mol.